The number of halogens is 2. The zero-order chi connectivity index (χ0) is 17.3. The van der Waals surface area contributed by atoms with Crippen LogP contribution in [0.2, 0.25) is 0 Å². The van der Waals surface area contributed by atoms with Crippen LogP contribution in [-0.4, -0.2) is 10.6 Å². The van der Waals surface area contributed by atoms with Gasteiger partial charge in [0.05, 0.1) is 11.2 Å². The fraction of sp³-hybridized carbons (Fsp3) is 0.125. The van der Waals surface area contributed by atoms with Gasteiger partial charge in [-0.25, -0.2) is 14.0 Å². The van der Waals surface area contributed by atoms with Gasteiger partial charge in [-0.15, -0.1) is 0 Å². The summed E-state index contributed by atoms with van der Waals surface area (Å²) in [6, 6.07) is 8.58. The van der Waals surface area contributed by atoms with Crippen LogP contribution < -0.4 is 16.4 Å². The number of amides is 2. The number of hydrogen-bond acceptors (Lipinski definition) is 3. The lowest BCUT2D eigenvalue weighted by atomic mass is 10.3. The van der Waals surface area contributed by atoms with Crippen molar-refractivity contribution in [1.82, 2.24) is 4.57 Å². The Morgan fingerprint density at radius 2 is 2.04 bits per heavy atom. The van der Waals surface area contributed by atoms with Crippen LogP contribution >= 0.6 is 15.9 Å². The summed E-state index contributed by atoms with van der Waals surface area (Å²) >= 11 is 3.15. The van der Waals surface area contributed by atoms with Crippen molar-refractivity contribution in [1.29, 1.82) is 0 Å². The number of nitrogens with one attached hydrogen (secondary N) is 2. The number of hydrogen-bond donors (Lipinski definition) is 2. The van der Waals surface area contributed by atoms with E-state index in [-0.39, 0.29) is 5.69 Å². The minimum Gasteiger partial charge on any atom is -0.408 e. The summed E-state index contributed by atoms with van der Waals surface area (Å²) in [4.78, 5) is 23.6. The van der Waals surface area contributed by atoms with Gasteiger partial charge in [0.2, 0.25) is 0 Å². The number of aromatic nitrogens is 1. The number of oxazole rings is 1. The first-order chi connectivity index (χ1) is 11.5. The van der Waals surface area contributed by atoms with E-state index in [0.717, 1.165) is 0 Å². The molecule has 0 atom stereocenters. The Labute approximate surface area is 144 Å². The average Bonchev–Trinajstić information content (AvgIpc) is 2.84. The summed E-state index contributed by atoms with van der Waals surface area (Å²) in [6.45, 7) is 2.32. The molecule has 0 spiro atoms. The zero-order valence-corrected chi connectivity index (χ0v) is 14.2. The molecule has 0 aliphatic carbocycles. The molecule has 0 fully saturated rings. The molecular weight excluding hydrogens is 381 g/mol. The second kappa shape index (κ2) is 6.48. The molecule has 124 valence electrons. The molecule has 24 heavy (non-hydrogen) atoms. The third-order valence-electron chi connectivity index (χ3n) is 3.42. The zero-order valence-electron chi connectivity index (χ0n) is 12.6. The highest BCUT2D eigenvalue weighted by Gasteiger charge is 2.11. The van der Waals surface area contributed by atoms with Gasteiger partial charge in [0, 0.05) is 22.8 Å². The molecule has 3 aromatic rings. The summed E-state index contributed by atoms with van der Waals surface area (Å²) in [6.07, 6.45) is 0. The molecule has 0 aliphatic heterocycles. The second-order valence-electron chi connectivity index (χ2n) is 5.00. The van der Waals surface area contributed by atoms with E-state index in [1.165, 1.54) is 16.7 Å². The normalized spacial score (nSPS) is 10.8. The number of anilines is 2. The lowest BCUT2D eigenvalue weighted by Crippen LogP contribution is -2.20. The van der Waals surface area contributed by atoms with Crippen LogP contribution in [0.25, 0.3) is 11.1 Å². The summed E-state index contributed by atoms with van der Waals surface area (Å²) in [5.74, 6) is -1.01. The van der Waals surface area contributed by atoms with Crippen molar-refractivity contribution in [2.45, 2.75) is 13.5 Å². The minimum atomic E-state index is -0.604. The number of carbonyl (C=O) groups excluding carboxylic acids is 1. The first-order valence-corrected chi connectivity index (χ1v) is 7.93. The predicted molar refractivity (Wildman–Crippen MR) is 92.9 cm³/mol. The fourth-order valence-electron chi connectivity index (χ4n) is 2.32. The smallest absolute Gasteiger partial charge is 0.408 e. The molecule has 1 aromatic heterocycles. The predicted octanol–water partition coefficient (Wildman–Crippen LogP) is 4.16. The van der Waals surface area contributed by atoms with Gasteiger partial charge in [-0.05, 0) is 37.3 Å². The maximum absolute atomic E-state index is 13.7. The highest BCUT2D eigenvalue weighted by Crippen LogP contribution is 2.21. The molecule has 1 heterocycles. The molecule has 6 nitrogen and oxygen atoms in total. The van der Waals surface area contributed by atoms with E-state index < -0.39 is 17.6 Å². The molecule has 8 heteroatoms. The van der Waals surface area contributed by atoms with Crippen molar-refractivity contribution >= 4 is 44.4 Å². The van der Waals surface area contributed by atoms with Crippen molar-refractivity contribution in [3.05, 3.63) is 57.2 Å². The van der Waals surface area contributed by atoms with Gasteiger partial charge in [-0.3, -0.25) is 4.57 Å². The monoisotopic (exact) mass is 393 g/mol. The number of nitrogens with zero attached hydrogens (tertiary/aromatic N) is 1. The fourth-order valence-corrected chi connectivity index (χ4v) is 2.65. The maximum atomic E-state index is 13.7. The number of urea groups is 1. The van der Waals surface area contributed by atoms with E-state index in [4.69, 9.17) is 4.42 Å². The summed E-state index contributed by atoms with van der Waals surface area (Å²) in [5.41, 5.74) is 1.50. The van der Waals surface area contributed by atoms with Gasteiger partial charge >= 0.3 is 11.8 Å². The number of carbonyl (C=O) groups is 1. The van der Waals surface area contributed by atoms with E-state index in [2.05, 4.69) is 26.6 Å². The molecule has 0 unspecified atom stereocenters. The third kappa shape index (κ3) is 3.18. The van der Waals surface area contributed by atoms with Crippen LogP contribution in [-0.2, 0) is 6.54 Å². The molecule has 0 aliphatic rings. The van der Waals surface area contributed by atoms with E-state index in [0.29, 0.717) is 27.8 Å². The van der Waals surface area contributed by atoms with Gasteiger partial charge in [0.15, 0.2) is 5.58 Å². The van der Waals surface area contributed by atoms with Crippen molar-refractivity contribution in [3.63, 3.8) is 0 Å². The first kappa shape index (κ1) is 16.3. The summed E-state index contributed by atoms with van der Waals surface area (Å²) in [5, 5.41) is 4.99. The second-order valence-corrected chi connectivity index (χ2v) is 5.91. The van der Waals surface area contributed by atoms with Crippen LogP contribution in [0.1, 0.15) is 6.92 Å². The standard InChI is InChI=1S/C16H13BrFN3O3/c1-2-21-13-6-4-10(8-14(13)24-16(21)23)19-15(22)20-12-5-3-9(17)7-11(12)18/h3-8H,2H2,1H3,(H2,19,20,22). The highest BCUT2D eigenvalue weighted by molar-refractivity contribution is 9.10. The van der Waals surface area contributed by atoms with E-state index in [1.54, 1.807) is 24.3 Å². The first-order valence-electron chi connectivity index (χ1n) is 7.14. The Morgan fingerprint density at radius 3 is 2.75 bits per heavy atom. The lowest BCUT2D eigenvalue weighted by Gasteiger charge is -2.08. The van der Waals surface area contributed by atoms with Crippen LogP contribution in [0.15, 0.2) is 50.1 Å². The van der Waals surface area contributed by atoms with Crippen LogP contribution in [0.5, 0.6) is 0 Å². The molecular formula is C16H13BrFN3O3. The van der Waals surface area contributed by atoms with Gasteiger partial charge in [-0.1, -0.05) is 15.9 Å². The molecule has 0 saturated carbocycles. The third-order valence-corrected chi connectivity index (χ3v) is 3.91. The molecule has 2 N–H and O–H groups in total. The maximum Gasteiger partial charge on any atom is 0.419 e. The Morgan fingerprint density at radius 1 is 1.25 bits per heavy atom. The van der Waals surface area contributed by atoms with Gasteiger partial charge < -0.3 is 15.1 Å². The van der Waals surface area contributed by atoms with Gasteiger partial charge in [0.1, 0.15) is 5.82 Å². The van der Waals surface area contributed by atoms with Gasteiger partial charge in [0.25, 0.3) is 0 Å². The van der Waals surface area contributed by atoms with Crippen molar-refractivity contribution in [3.8, 4) is 0 Å². The average molecular weight is 394 g/mol. The van der Waals surface area contributed by atoms with Crippen LogP contribution in [0.3, 0.4) is 0 Å². The van der Waals surface area contributed by atoms with E-state index in [1.807, 2.05) is 6.92 Å². The van der Waals surface area contributed by atoms with Crippen molar-refractivity contribution in [2.24, 2.45) is 0 Å². The highest BCUT2D eigenvalue weighted by atomic mass is 79.9. The number of rotatable bonds is 3. The van der Waals surface area contributed by atoms with Crippen molar-refractivity contribution in [2.75, 3.05) is 10.6 Å². The topological polar surface area (TPSA) is 76.3 Å². The Kier molecular flexibility index (Phi) is 4.39. The SMILES string of the molecule is CCn1c(=O)oc2cc(NC(=O)Nc3ccc(Br)cc3F)ccc21. The van der Waals surface area contributed by atoms with Crippen LogP contribution in [0.4, 0.5) is 20.6 Å². The minimum absolute atomic E-state index is 0.0560. The number of aryl methyl sites for hydroxylation is 1. The van der Waals surface area contributed by atoms with E-state index >= 15 is 0 Å². The van der Waals surface area contributed by atoms with Crippen molar-refractivity contribution < 1.29 is 13.6 Å². The van der Waals surface area contributed by atoms with Gasteiger partial charge in [-0.2, -0.15) is 0 Å². The summed E-state index contributed by atoms with van der Waals surface area (Å²) in [7, 11) is 0. The number of fused-ring (bicyclic) bond motifs is 1. The molecule has 2 aromatic carbocycles. The largest absolute Gasteiger partial charge is 0.419 e. The van der Waals surface area contributed by atoms with Crippen LogP contribution in [0, 0.1) is 5.82 Å². The molecule has 3 rings (SSSR count). The Bertz CT molecular complexity index is 980. The number of benzene rings is 2. The molecule has 0 bridgehead atoms. The lowest BCUT2D eigenvalue weighted by molar-refractivity contribution is 0.262. The summed E-state index contributed by atoms with van der Waals surface area (Å²) < 4.78 is 20.9. The van der Waals surface area contributed by atoms with E-state index in [9.17, 15) is 14.0 Å². The Hall–Kier alpha value is -2.61. The Balaban J connectivity index is 1.79. The molecule has 0 radical (unpaired) electrons. The quantitative estimate of drug-likeness (QED) is 0.701. The molecule has 0 saturated heterocycles. The molecule has 2 amide bonds.